The lowest BCUT2D eigenvalue weighted by Gasteiger charge is -2.25. The Labute approximate surface area is 109 Å². The lowest BCUT2D eigenvalue weighted by molar-refractivity contribution is -0.131. The molecule has 0 spiro atoms. The Morgan fingerprint density at radius 3 is 2.67 bits per heavy atom. The summed E-state index contributed by atoms with van der Waals surface area (Å²) in [6, 6.07) is 0. The minimum Gasteiger partial charge on any atom is -0.393 e. The molecule has 2 heterocycles. The first kappa shape index (κ1) is 12.4. The van der Waals surface area contributed by atoms with Crippen LogP contribution in [0, 0.1) is 17.8 Å². The molecule has 3 fully saturated rings. The second-order valence-electron chi connectivity index (χ2n) is 6.26. The molecule has 2 N–H and O–H groups in total. The van der Waals surface area contributed by atoms with Crippen molar-refractivity contribution in [3.63, 3.8) is 0 Å². The first-order valence-electron chi connectivity index (χ1n) is 7.40. The van der Waals surface area contributed by atoms with Gasteiger partial charge in [-0.1, -0.05) is 0 Å². The van der Waals surface area contributed by atoms with E-state index in [0.29, 0.717) is 23.7 Å². The van der Waals surface area contributed by atoms with Crippen molar-refractivity contribution < 1.29 is 9.90 Å². The summed E-state index contributed by atoms with van der Waals surface area (Å²) in [6.45, 7) is 3.81. The number of hydrogen-bond donors (Lipinski definition) is 2. The summed E-state index contributed by atoms with van der Waals surface area (Å²) in [5, 5.41) is 13.2. The van der Waals surface area contributed by atoms with Gasteiger partial charge in [0.2, 0.25) is 5.91 Å². The molecule has 102 valence electrons. The fourth-order valence-electron chi connectivity index (χ4n) is 3.90. The first-order valence-corrected chi connectivity index (χ1v) is 7.40. The average Bonchev–Trinajstić information content (AvgIpc) is 2.93. The fourth-order valence-corrected chi connectivity index (χ4v) is 3.90. The lowest BCUT2D eigenvalue weighted by atomic mass is 9.94. The Hall–Kier alpha value is -0.610. The number of likely N-dealkylation sites (tertiary alicyclic amines) is 1. The van der Waals surface area contributed by atoms with E-state index in [1.54, 1.807) is 0 Å². The molecule has 3 aliphatic rings. The number of aliphatic hydroxyl groups excluding tert-OH is 1. The van der Waals surface area contributed by atoms with Crippen LogP contribution in [0.2, 0.25) is 0 Å². The summed E-state index contributed by atoms with van der Waals surface area (Å²) < 4.78 is 0. The Kier molecular flexibility index (Phi) is 3.57. The minimum absolute atomic E-state index is 0.160. The summed E-state index contributed by atoms with van der Waals surface area (Å²) in [5.41, 5.74) is 0. The summed E-state index contributed by atoms with van der Waals surface area (Å²) in [7, 11) is 0. The predicted molar refractivity (Wildman–Crippen MR) is 69.0 cm³/mol. The molecule has 3 rings (SSSR count). The van der Waals surface area contributed by atoms with Crippen LogP contribution in [-0.2, 0) is 4.79 Å². The van der Waals surface area contributed by atoms with Crippen LogP contribution in [0.15, 0.2) is 0 Å². The van der Waals surface area contributed by atoms with E-state index in [2.05, 4.69) is 5.32 Å². The molecule has 18 heavy (non-hydrogen) atoms. The molecule has 1 saturated carbocycles. The van der Waals surface area contributed by atoms with E-state index in [0.717, 1.165) is 58.3 Å². The molecular formula is C14H24N2O2. The quantitative estimate of drug-likeness (QED) is 0.757. The van der Waals surface area contributed by atoms with Crippen LogP contribution in [0.5, 0.6) is 0 Å². The number of piperidine rings is 1. The van der Waals surface area contributed by atoms with Crippen molar-refractivity contribution in [3.05, 3.63) is 0 Å². The number of nitrogens with zero attached hydrogens (tertiary/aromatic N) is 1. The summed E-state index contributed by atoms with van der Waals surface area (Å²) in [4.78, 5) is 14.3. The second-order valence-corrected chi connectivity index (χ2v) is 6.26. The maximum atomic E-state index is 12.3. The average molecular weight is 252 g/mol. The molecule has 2 saturated heterocycles. The first-order chi connectivity index (χ1) is 8.74. The number of amides is 1. The Morgan fingerprint density at radius 1 is 1.17 bits per heavy atom. The van der Waals surface area contributed by atoms with E-state index in [9.17, 15) is 9.90 Å². The highest BCUT2D eigenvalue weighted by Gasteiger charge is 2.43. The van der Waals surface area contributed by atoms with Crippen LogP contribution >= 0.6 is 0 Å². The number of hydrogen-bond acceptors (Lipinski definition) is 3. The third-order valence-electron chi connectivity index (χ3n) is 5.09. The Morgan fingerprint density at radius 2 is 1.94 bits per heavy atom. The molecule has 0 radical (unpaired) electrons. The monoisotopic (exact) mass is 252 g/mol. The van der Waals surface area contributed by atoms with Gasteiger partial charge in [-0.05, 0) is 50.6 Å². The lowest BCUT2D eigenvalue weighted by Crippen LogP contribution is -2.35. The summed E-state index contributed by atoms with van der Waals surface area (Å²) >= 11 is 0. The van der Waals surface area contributed by atoms with Crippen LogP contribution in [0.1, 0.15) is 32.1 Å². The van der Waals surface area contributed by atoms with Gasteiger partial charge in [0, 0.05) is 25.4 Å². The SMILES string of the molecule is O=C(CC1CCNCC1)N1CC2CCC(O)C2C1. The second kappa shape index (κ2) is 5.17. The maximum Gasteiger partial charge on any atom is 0.222 e. The molecule has 0 aromatic rings. The van der Waals surface area contributed by atoms with Gasteiger partial charge < -0.3 is 15.3 Å². The number of carbonyl (C=O) groups excluding carboxylic acids is 1. The molecule has 3 atom stereocenters. The third kappa shape index (κ3) is 2.41. The highest BCUT2D eigenvalue weighted by molar-refractivity contribution is 5.76. The molecule has 4 nitrogen and oxygen atoms in total. The van der Waals surface area contributed by atoms with E-state index in [1.807, 2.05) is 4.90 Å². The molecule has 1 aliphatic carbocycles. The highest BCUT2D eigenvalue weighted by atomic mass is 16.3. The highest BCUT2D eigenvalue weighted by Crippen LogP contribution is 2.38. The van der Waals surface area contributed by atoms with Gasteiger partial charge in [0.15, 0.2) is 0 Å². The zero-order valence-corrected chi connectivity index (χ0v) is 11.0. The standard InChI is InChI=1S/C14H24N2O2/c17-13-2-1-11-8-16(9-12(11)13)14(18)7-10-3-5-15-6-4-10/h10-13,15,17H,1-9H2. The Balaban J connectivity index is 1.51. The smallest absolute Gasteiger partial charge is 0.222 e. The van der Waals surface area contributed by atoms with Crippen molar-refractivity contribution in [3.8, 4) is 0 Å². The van der Waals surface area contributed by atoms with E-state index in [1.165, 1.54) is 0 Å². The van der Waals surface area contributed by atoms with Crippen LogP contribution in [0.4, 0.5) is 0 Å². The Bertz CT molecular complexity index is 315. The van der Waals surface area contributed by atoms with Gasteiger partial charge in [-0.3, -0.25) is 4.79 Å². The van der Waals surface area contributed by atoms with Gasteiger partial charge in [-0.2, -0.15) is 0 Å². The van der Waals surface area contributed by atoms with Gasteiger partial charge >= 0.3 is 0 Å². The number of fused-ring (bicyclic) bond motifs is 1. The van der Waals surface area contributed by atoms with Crippen LogP contribution in [0.3, 0.4) is 0 Å². The normalized spacial score (nSPS) is 36.9. The van der Waals surface area contributed by atoms with Gasteiger partial charge in [-0.25, -0.2) is 0 Å². The molecule has 2 aliphatic heterocycles. The molecule has 0 aromatic carbocycles. The summed E-state index contributed by atoms with van der Waals surface area (Å²) in [5.74, 6) is 1.83. The zero-order valence-electron chi connectivity index (χ0n) is 11.0. The third-order valence-corrected chi connectivity index (χ3v) is 5.09. The van der Waals surface area contributed by atoms with E-state index >= 15 is 0 Å². The van der Waals surface area contributed by atoms with Crippen molar-refractivity contribution in [1.29, 1.82) is 0 Å². The zero-order chi connectivity index (χ0) is 12.5. The molecule has 0 aromatic heterocycles. The molecule has 0 bridgehead atoms. The largest absolute Gasteiger partial charge is 0.393 e. The van der Waals surface area contributed by atoms with Crippen molar-refractivity contribution in [2.24, 2.45) is 17.8 Å². The van der Waals surface area contributed by atoms with Gasteiger partial charge in [0.1, 0.15) is 0 Å². The number of carbonyl (C=O) groups is 1. The van der Waals surface area contributed by atoms with Crippen LogP contribution < -0.4 is 5.32 Å². The molecule has 3 unspecified atom stereocenters. The van der Waals surface area contributed by atoms with Crippen LogP contribution in [-0.4, -0.2) is 48.2 Å². The topological polar surface area (TPSA) is 52.6 Å². The van der Waals surface area contributed by atoms with Gasteiger partial charge in [0.05, 0.1) is 6.10 Å². The number of aliphatic hydroxyl groups is 1. The summed E-state index contributed by atoms with van der Waals surface area (Å²) in [6.07, 6.45) is 4.86. The van der Waals surface area contributed by atoms with E-state index in [4.69, 9.17) is 0 Å². The van der Waals surface area contributed by atoms with Crippen molar-refractivity contribution in [1.82, 2.24) is 10.2 Å². The van der Waals surface area contributed by atoms with Crippen molar-refractivity contribution >= 4 is 5.91 Å². The fraction of sp³-hybridized carbons (Fsp3) is 0.929. The van der Waals surface area contributed by atoms with Crippen molar-refractivity contribution in [2.75, 3.05) is 26.2 Å². The minimum atomic E-state index is -0.160. The van der Waals surface area contributed by atoms with Crippen molar-refractivity contribution in [2.45, 2.75) is 38.2 Å². The predicted octanol–water partition coefficient (Wildman–Crippen LogP) is 0.605. The van der Waals surface area contributed by atoms with Gasteiger partial charge in [-0.15, -0.1) is 0 Å². The molecular weight excluding hydrogens is 228 g/mol. The van der Waals surface area contributed by atoms with E-state index in [-0.39, 0.29) is 6.10 Å². The number of nitrogens with one attached hydrogen (secondary N) is 1. The van der Waals surface area contributed by atoms with Gasteiger partial charge in [0.25, 0.3) is 0 Å². The number of rotatable bonds is 2. The molecule has 1 amide bonds. The molecule has 4 heteroatoms. The maximum absolute atomic E-state index is 12.3. The van der Waals surface area contributed by atoms with E-state index < -0.39 is 0 Å². The van der Waals surface area contributed by atoms with Crippen LogP contribution in [0.25, 0.3) is 0 Å².